The molecule has 0 saturated heterocycles. The van der Waals surface area contributed by atoms with Crippen LogP contribution in [0.25, 0.3) is 10.8 Å². The highest BCUT2D eigenvalue weighted by atomic mass is 16.2. The Kier molecular flexibility index (Phi) is 2.94. The van der Waals surface area contributed by atoms with Crippen molar-refractivity contribution in [2.45, 2.75) is 0 Å². The van der Waals surface area contributed by atoms with Crippen LogP contribution in [0.15, 0.2) is 73.1 Å². The van der Waals surface area contributed by atoms with Crippen LogP contribution in [0, 0.1) is 0 Å². The number of benzene rings is 2. The van der Waals surface area contributed by atoms with Crippen LogP contribution in [0.3, 0.4) is 0 Å². The molecule has 0 fully saturated rings. The standard InChI is InChI=1S/C16H12N2O/c19-16(14-7-2-1-3-8-14)17-18-11-10-13-6-4-5-9-15(13)12-18/h1-12H/p+1. The number of carbonyl (C=O) groups excluding carboxylic acids is 1. The highest BCUT2D eigenvalue weighted by molar-refractivity contribution is 5.98. The van der Waals surface area contributed by atoms with E-state index in [0.717, 1.165) is 10.8 Å². The van der Waals surface area contributed by atoms with E-state index in [2.05, 4.69) is 5.43 Å². The quantitative estimate of drug-likeness (QED) is 0.695. The van der Waals surface area contributed by atoms with Gasteiger partial charge in [-0.2, -0.15) is 0 Å². The second-order valence-corrected chi connectivity index (χ2v) is 4.29. The topological polar surface area (TPSA) is 33.0 Å². The summed E-state index contributed by atoms with van der Waals surface area (Å²) < 4.78 is 1.68. The van der Waals surface area contributed by atoms with E-state index in [1.165, 1.54) is 0 Å². The molecule has 0 unspecified atom stereocenters. The second-order valence-electron chi connectivity index (χ2n) is 4.29. The molecule has 92 valence electrons. The maximum Gasteiger partial charge on any atom is 0.305 e. The number of nitrogens with one attached hydrogen (secondary N) is 1. The molecule has 0 aliphatic heterocycles. The predicted molar refractivity (Wildman–Crippen MR) is 74.3 cm³/mol. The first-order chi connectivity index (χ1) is 9.33. The molecule has 0 bridgehead atoms. The van der Waals surface area contributed by atoms with Crippen molar-refractivity contribution >= 4 is 16.7 Å². The Hall–Kier alpha value is -2.68. The minimum atomic E-state index is -0.124. The first kappa shape index (κ1) is 11.4. The molecule has 3 aromatic rings. The lowest BCUT2D eigenvalue weighted by Crippen LogP contribution is -2.47. The van der Waals surface area contributed by atoms with Crippen molar-refractivity contribution in [3.05, 3.63) is 78.6 Å². The molecule has 0 atom stereocenters. The molecule has 1 heterocycles. The van der Waals surface area contributed by atoms with Gasteiger partial charge in [-0.3, -0.25) is 4.79 Å². The maximum atomic E-state index is 12.0. The molecule has 3 rings (SSSR count). The summed E-state index contributed by atoms with van der Waals surface area (Å²) in [7, 11) is 0. The van der Waals surface area contributed by atoms with Crippen LogP contribution in [-0.4, -0.2) is 5.91 Å². The zero-order valence-corrected chi connectivity index (χ0v) is 10.3. The molecule has 0 spiro atoms. The summed E-state index contributed by atoms with van der Waals surface area (Å²) in [6.45, 7) is 0. The molecule has 0 saturated carbocycles. The van der Waals surface area contributed by atoms with Crippen molar-refractivity contribution in [1.82, 2.24) is 0 Å². The molecule has 1 N–H and O–H groups in total. The van der Waals surface area contributed by atoms with E-state index in [9.17, 15) is 4.79 Å². The molecule has 3 heteroatoms. The van der Waals surface area contributed by atoms with Gasteiger partial charge in [-0.05, 0) is 23.6 Å². The zero-order chi connectivity index (χ0) is 13.1. The second kappa shape index (κ2) is 4.90. The number of fused-ring (bicyclic) bond motifs is 1. The Morgan fingerprint density at radius 1 is 0.842 bits per heavy atom. The smallest absolute Gasteiger partial charge is 0.264 e. The van der Waals surface area contributed by atoms with Crippen LogP contribution < -0.4 is 10.1 Å². The van der Waals surface area contributed by atoms with Crippen molar-refractivity contribution in [3.63, 3.8) is 0 Å². The fourth-order valence-corrected chi connectivity index (χ4v) is 1.97. The Balaban J connectivity index is 1.87. The molecule has 3 nitrogen and oxygen atoms in total. The summed E-state index contributed by atoms with van der Waals surface area (Å²) in [5.41, 5.74) is 3.47. The van der Waals surface area contributed by atoms with E-state index >= 15 is 0 Å². The summed E-state index contributed by atoms with van der Waals surface area (Å²) in [5.74, 6) is -0.124. The lowest BCUT2D eigenvalue weighted by atomic mass is 10.2. The van der Waals surface area contributed by atoms with Gasteiger partial charge >= 0.3 is 5.91 Å². The number of rotatable bonds is 2. The summed E-state index contributed by atoms with van der Waals surface area (Å²) in [4.78, 5) is 12.0. The number of aromatic nitrogens is 1. The molecule has 19 heavy (non-hydrogen) atoms. The largest absolute Gasteiger partial charge is 0.305 e. The number of carbonyl (C=O) groups is 1. The van der Waals surface area contributed by atoms with E-state index in [1.54, 1.807) is 16.8 Å². The van der Waals surface area contributed by atoms with Gasteiger partial charge in [0.15, 0.2) is 0 Å². The minimum Gasteiger partial charge on any atom is -0.264 e. The van der Waals surface area contributed by atoms with Crippen LogP contribution in [-0.2, 0) is 0 Å². The van der Waals surface area contributed by atoms with Gasteiger partial charge in [-0.1, -0.05) is 41.1 Å². The Morgan fingerprint density at radius 2 is 1.53 bits per heavy atom. The van der Waals surface area contributed by atoms with Gasteiger partial charge in [-0.15, -0.1) is 5.43 Å². The van der Waals surface area contributed by atoms with Crippen LogP contribution in [0.2, 0.25) is 0 Å². The van der Waals surface area contributed by atoms with Gasteiger partial charge in [0.2, 0.25) is 12.4 Å². The van der Waals surface area contributed by atoms with E-state index < -0.39 is 0 Å². The molecule has 0 radical (unpaired) electrons. The third-order valence-electron chi connectivity index (χ3n) is 2.96. The molecule has 2 aromatic carbocycles. The zero-order valence-electron chi connectivity index (χ0n) is 10.3. The molecule has 1 aromatic heterocycles. The lowest BCUT2D eigenvalue weighted by molar-refractivity contribution is -0.639. The Labute approximate surface area is 111 Å². The molecular weight excluding hydrogens is 236 g/mol. The number of nitrogens with zero attached hydrogens (tertiary/aromatic N) is 1. The van der Waals surface area contributed by atoms with E-state index in [0.29, 0.717) is 5.56 Å². The fourth-order valence-electron chi connectivity index (χ4n) is 1.97. The van der Waals surface area contributed by atoms with E-state index in [1.807, 2.05) is 60.9 Å². The van der Waals surface area contributed by atoms with E-state index in [4.69, 9.17) is 0 Å². The Morgan fingerprint density at radius 3 is 2.32 bits per heavy atom. The van der Waals surface area contributed by atoms with Crippen LogP contribution >= 0.6 is 0 Å². The molecule has 1 amide bonds. The number of pyridine rings is 1. The van der Waals surface area contributed by atoms with Gasteiger partial charge in [0, 0.05) is 17.0 Å². The Bertz CT molecular complexity index is 723. The number of amides is 1. The third-order valence-corrected chi connectivity index (χ3v) is 2.96. The van der Waals surface area contributed by atoms with Gasteiger partial charge in [0.1, 0.15) is 0 Å². The minimum absolute atomic E-state index is 0.124. The van der Waals surface area contributed by atoms with Gasteiger partial charge in [-0.25, -0.2) is 0 Å². The summed E-state index contributed by atoms with van der Waals surface area (Å²) in [5, 5.41) is 2.23. The van der Waals surface area contributed by atoms with Gasteiger partial charge in [0.05, 0.1) is 0 Å². The third kappa shape index (κ3) is 2.45. The summed E-state index contributed by atoms with van der Waals surface area (Å²) >= 11 is 0. The van der Waals surface area contributed by atoms with Crippen LogP contribution in [0.5, 0.6) is 0 Å². The molecule has 0 aliphatic carbocycles. The van der Waals surface area contributed by atoms with Crippen molar-refractivity contribution < 1.29 is 9.47 Å². The van der Waals surface area contributed by atoms with Crippen molar-refractivity contribution in [1.29, 1.82) is 0 Å². The first-order valence-electron chi connectivity index (χ1n) is 6.09. The fraction of sp³-hybridized carbons (Fsp3) is 0. The summed E-state index contributed by atoms with van der Waals surface area (Å²) in [6.07, 6.45) is 3.74. The molecule has 0 aliphatic rings. The van der Waals surface area contributed by atoms with Gasteiger partial charge < -0.3 is 0 Å². The molecular formula is C16H13N2O+. The number of hydrogen-bond donors (Lipinski definition) is 1. The van der Waals surface area contributed by atoms with Crippen molar-refractivity contribution in [2.24, 2.45) is 0 Å². The SMILES string of the molecule is O=C(N[n+]1ccc2ccccc2c1)c1ccccc1. The number of hydrogen-bond acceptors (Lipinski definition) is 1. The normalized spacial score (nSPS) is 10.3. The van der Waals surface area contributed by atoms with E-state index in [-0.39, 0.29) is 5.91 Å². The van der Waals surface area contributed by atoms with Crippen molar-refractivity contribution in [2.75, 3.05) is 5.43 Å². The predicted octanol–water partition coefficient (Wildman–Crippen LogP) is 2.51. The highest BCUT2D eigenvalue weighted by Gasteiger charge is 2.10. The first-order valence-corrected chi connectivity index (χ1v) is 6.09. The van der Waals surface area contributed by atoms with Crippen molar-refractivity contribution in [3.8, 4) is 0 Å². The van der Waals surface area contributed by atoms with Crippen LogP contribution in [0.4, 0.5) is 0 Å². The highest BCUT2D eigenvalue weighted by Crippen LogP contribution is 2.09. The lowest BCUT2D eigenvalue weighted by Gasteiger charge is -2.00. The van der Waals surface area contributed by atoms with Crippen LogP contribution in [0.1, 0.15) is 10.4 Å². The average Bonchev–Trinajstić information content (AvgIpc) is 2.48. The average molecular weight is 249 g/mol. The monoisotopic (exact) mass is 249 g/mol. The summed E-state index contributed by atoms with van der Waals surface area (Å²) in [6, 6.07) is 19.2. The van der Waals surface area contributed by atoms with Gasteiger partial charge in [0.25, 0.3) is 0 Å². The maximum absolute atomic E-state index is 12.0.